The molecule has 0 saturated heterocycles. The Morgan fingerprint density at radius 1 is 1.53 bits per heavy atom. The van der Waals surface area contributed by atoms with Crippen LogP contribution in [-0.4, -0.2) is 20.8 Å². The lowest BCUT2D eigenvalue weighted by molar-refractivity contribution is -0.143. The molecule has 0 atom stereocenters. The van der Waals surface area contributed by atoms with E-state index >= 15 is 0 Å². The van der Waals surface area contributed by atoms with Crippen molar-refractivity contribution in [2.24, 2.45) is 7.05 Å². The van der Waals surface area contributed by atoms with Crippen molar-refractivity contribution >= 4 is 5.97 Å². The van der Waals surface area contributed by atoms with Crippen LogP contribution in [0.1, 0.15) is 11.3 Å². The highest BCUT2D eigenvalue weighted by Crippen LogP contribution is 2.36. The summed E-state index contributed by atoms with van der Waals surface area (Å²) in [6, 6.07) is 1.52. The number of alkyl halides is 3. The van der Waals surface area contributed by atoms with Gasteiger partial charge in [0, 0.05) is 30.6 Å². The molecule has 0 spiro atoms. The largest absolute Gasteiger partial charge is 0.481 e. The van der Waals surface area contributed by atoms with Gasteiger partial charge in [-0.3, -0.25) is 4.79 Å². The zero-order chi connectivity index (χ0) is 14.2. The van der Waals surface area contributed by atoms with E-state index in [2.05, 4.69) is 9.68 Å². The number of hydrogen-bond acceptors (Lipinski definition) is 3. The van der Waals surface area contributed by atoms with Crippen LogP contribution in [-0.2, 0) is 24.4 Å². The molecule has 2 rings (SSSR count). The molecule has 5 nitrogen and oxygen atoms in total. The highest BCUT2D eigenvalue weighted by Gasteiger charge is 2.40. The van der Waals surface area contributed by atoms with E-state index in [0.29, 0.717) is 5.56 Å². The van der Waals surface area contributed by atoms with Crippen molar-refractivity contribution in [2.75, 3.05) is 0 Å². The van der Waals surface area contributed by atoms with Crippen LogP contribution in [0.5, 0.6) is 0 Å². The summed E-state index contributed by atoms with van der Waals surface area (Å²) in [6.45, 7) is 0. The molecular formula is C11H9F3N2O3. The van der Waals surface area contributed by atoms with Gasteiger partial charge in [0.15, 0.2) is 11.5 Å². The molecule has 102 valence electrons. The van der Waals surface area contributed by atoms with Crippen LogP contribution in [0.4, 0.5) is 13.2 Å². The van der Waals surface area contributed by atoms with E-state index in [9.17, 15) is 18.0 Å². The third-order valence-electron chi connectivity index (χ3n) is 2.48. The fourth-order valence-electron chi connectivity index (χ4n) is 1.71. The zero-order valence-corrected chi connectivity index (χ0v) is 9.73. The molecule has 0 aliphatic carbocycles. The minimum atomic E-state index is -4.75. The van der Waals surface area contributed by atoms with Crippen molar-refractivity contribution in [2.45, 2.75) is 12.6 Å². The van der Waals surface area contributed by atoms with Gasteiger partial charge < -0.3 is 14.2 Å². The summed E-state index contributed by atoms with van der Waals surface area (Å²) in [5.41, 5.74) is -1.42. The fraction of sp³-hybridized carbons (Fsp3) is 0.273. The number of aryl methyl sites for hydroxylation is 1. The van der Waals surface area contributed by atoms with Gasteiger partial charge in [-0.1, -0.05) is 5.16 Å². The van der Waals surface area contributed by atoms with E-state index in [1.54, 1.807) is 17.8 Å². The number of halogens is 3. The monoisotopic (exact) mass is 274 g/mol. The third kappa shape index (κ3) is 2.61. The molecule has 0 bridgehead atoms. The van der Waals surface area contributed by atoms with Crippen LogP contribution >= 0.6 is 0 Å². The number of aromatic nitrogens is 2. The Kier molecular flexibility index (Phi) is 3.09. The van der Waals surface area contributed by atoms with Crippen molar-refractivity contribution in [1.82, 2.24) is 9.72 Å². The number of hydrogen-bond donors (Lipinski definition) is 1. The molecule has 0 unspecified atom stereocenters. The Labute approximate surface area is 105 Å². The molecule has 8 heteroatoms. The second-order valence-electron chi connectivity index (χ2n) is 3.97. The van der Waals surface area contributed by atoms with Crippen molar-refractivity contribution in [1.29, 1.82) is 0 Å². The van der Waals surface area contributed by atoms with E-state index in [1.165, 1.54) is 12.3 Å². The van der Waals surface area contributed by atoms with Crippen LogP contribution in [0, 0.1) is 0 Å². The molecule has 2 aromatic heterocycles. The van der Waals surface area contributed by atoms with Gasteiger partial charge in [0.2, 0.25) is 0 Å². The number of aliphatic carboxylic acids is 1. The lowest BCUT2D eigenvalue weighted by Crippen LogP contribution is -2.12. The fourth-order valence-corrected chi connectivity index (χ4v) is 1.71. The van der Waals surface area contributed by atoms with E-state index < -0.39 is 29.8 Å². The number of nitrogens with zero attached hydrogens (tertiary/aromatic N) is 2. The van der Waals surface area contributed by atoms with Gasteiger partial charge in [0.25, 0.3) is 0 Å². The maximum Gasteiger partial charge on any atom is 0.437 e. The smallest absolute Gasteiger partial charge is 0.437 e. The normalized spacial score (nSPS) is 11.8. The lowest BCUT2D eigenvalue weighted by atomic mass is 10.1. The van der Waals surface area contributed by atoms with Crippen molar-refractivity contribution in [3.8, 4) is 11.3 Å². The van der Waals surface area contributed by atoms with Crippen molar-refractivity contribution < 1.29 is 27.6 Å². The first kappa shape index (κ1) is 13.2. The summed E-state index contributed by atoms with van der Waals surface area (Å²) in [4.78, 5) is 10.7. The molecule has 2 aromatic rings. The second kappa shape index (κ2) is 4.45. The first-order chi connectivity index (χ1) is 8.79. The molecule has 0 aliphatic rings. The van der Waals surface area contributed by atoms with Crippen LogP contribution in [0.3, 0.4) is 0 Å². The van der Waals surface area contributed by atoms with Crippen LogP contribution in [0.15, 0.2) is 23.0 Å². The Morgan fingerprint density at radius 2 is 2.21 bits per heavy atom. The predicted molar refractivity (Wildman–Crippen MR) is 57.3 cm³/mol. The summed E-state index contributed by atoms with van der Waals surface area (Å²) in [7, 11) is 1.68. The zero-order valence-electron chi connectivity index (χ0n) is 9.73. The Hall–Kier alpha value is -2.25. The number of carboxylic acid groups (broad SMARTS) is 1. The third-order valence-corrected chi connectivity index (χ3v) is 2.48. The second-order valence-corrected chi connectivity index (χ2v) is 3.97. The molecule has 0 amide bonds. The average Bonchev–Trinajstić information content (AvgIpc) is 2.82. The Balaban J connectivity index is 2.55. The molecule has 0 saturated carbocycles. The van der Waals surface area contributed by atoms with Gasteiger partial charge in [-0.2, -0.15) is 13.2 Å². The molecule has 2 heterocycles. The summed E-state index contributed by atoms with van der Waals surface area (Å²) >= 11 is 0. The van der Waals surface area contributed by atoms with E-state index in [4.69, 9.17) is 5.11 Å². The number of rotatable bonds is 3. The maximum atomic E-state index is 12.7. The van der Waals surface area contributed by atoms with Crippen LogP contribution in [0.2, 0.25) is 0 Å². The highest BCUT2D eigenvalue weighted by molar-refractivity contribution is 5.75. The van der Waals surface area contributed by atoms with Gasteiger partial charge in [0.1, 0.15) is 0 Å². The molecule has 0 fully saturated rings. The summed E-state index contributed by atoms with van der Waals surface area (Å²) in [6.07, 6.45) is -2.43. The average molecular weight is 274 g/mol. The summed E-state index contributed by atoms with van der Waals surface area (Å²) < 4.78 is 44.4. The highest BCUT2D eigenvalue weighted by atomic mass is 19.4. The molecule has 1 N–H and O–H groups in total. The van der Waals surface area contributed by atoms with E-state index in [-0.39, 0.29) is 5.76 Å². The standard InChI is InChI=1S/C11H9F3N2O3/c1-16-3-2-6(5-16)9-7(4-8(17)18)10(15-19-9)11(12,13)14/h2-3,5H,4H2,1H3,(H,17,18). The number of carbonyl (C=O) groups is 1. The molecule has 0 aromatic carbocycles. The van der Waals surface area contributed by atoms with Crippen molar-refractivity contribution in [3.05, 3.63) is 29.7 Å². The first-order valence-electron chi connectivity index (χ1n) is 5.19. The maximum absolute atomic E-state index is 12.7. The van der Waals surface area contributed by atoms with Gasteiger partial charge >= 0.3 is 12.1 Å². The van der Waals surface area contributed by atoms with E-state index in [1.807, 2.05) is 0 Å². The van der Waals surface area contributed by atoms with Crippen LogP contribution < -0.4 is 0 Å². The Bertz CT molecular complexity index is 613. The minimum Gasteiger partial charge on any atom is -0.481 e. The van der Waals surface area contributed by atoms with Gasteiger partial charge in [-0.25, -0.2) is 0 Å². The SMILES string of the molecule is Cn1ccc(-c2onc(C(F)(F)F)c2CC(=O)O)c1. The van der Waals surface area contributed by atoms with Crippen LogP contribution in [0.25, 0.3) is 11.3 Å². The number of carboxylic acids is 1. The quantitative estimate of drug-likeness (QED) is 0.932. The van der Waals surface area contributed by atoms with Gasteiger partial charge in [-0.15, -0.1) is 0 Å². The van der Waals surface area contributed by atoms with Gasteiger partial charge in [-0.05, 0) is 6.07 Å². The Morgan fingerprint density at radius 3 is 2.68 bits per heavy atom. The lowest BCUT2D eigenvalue weighted by Gasteiger charge is -2.04. The molecule has 0 radical (unpaired) electrons. The molecular weight excluding hydrogens is 265 g/mol. The topological polar surface area (TPSA) is 68.3 Å². The first-order valence-corrected chi connectivity index (χ1v) is 5.19. The molecule has 19 heavy (non-hydrogen) atoms. The predicted octanol–water partition coefficient (Wildman–Crippen LogP) is 2.33. The van der Waals surface area contributed by atoms with Crippen molar-refractivity contribution in [3.63, 3.8) is 0 Å². The summed E-state index contributed by atoms with van der Waals surface area (Å²) in [5, 5.41) is 11.7. The van der Waals surface area contributed by atoms with Gasteiger partial charge in [0.05, 0.1) is 6.42 Å². The summed E-state index contributed by atoms with van der Waals surface area (Å²) in [5.74, 6) is -1.55. The molecule has 0 aliphatic heterocycles. The minimum absolute atomic E-state index is 0.171. The van der Waals surface area contributed by atoms with E-state index in [0.717, 1.165) is 0 Å².